The second kappa shape index (κ2) is 6.83. The Hall–Kier alpha value is -0.570. The molecular formula is C12H25NO2. The van der Waals surface area contributed by atoms with E-state index in [0.717, 1.165) is 6.54 Å². The van der Waals surface area contributed by atoms with E-state index in [9.17, 15) is 4.79 Å². The van der Waals surface area contributed by atoms with Gasteiger partial charge in [-0.25, -0.2) is 0 Å². The standard InChI is InChI=1S/C12H25NO2/c1-9(2)7-13(10(3)4)8-12(14)15-11(5)6/h9-11H,7-8H2,1-6H3. The van der Waals surface area contributed by atoms with Crippen molar-refractivity contribution in [1.82, 2.24) is 4.90 Å². The lowest BCUT2D eigenvalue weighted by Crippen LogP contribution is -2.39. The third-order valence-corrected chi connectivity index (χ3v) is 2.03. The molecule has 0 fully saturated rings. The Labute approximate surface area is 93.8 Å². The molecule has 0 bridgehead atoms. The molecule has 0 saturated heterocycles. The summed E-state index contributed by atoms with van der Waals surface area (Å²) < 4.78 is 5.13. The molecule has 0 radical (unpaired) electrons. The molecule has 3 heteroatoms. The molecule has 0 rings (SSSR count). The van der Waals surface area contributed by atoms with Gasteiger partial charge in [0.1, 0.15) is 0 Å². The van der Waals surface area contributed by atoms with E-state index < -0.39 is 0 Å². The van der Waals surface area contributed by atoms with E-state index in [4.69, 9.17) is 4.74 Å². The molecule has 0 aromatic rings. The second-order valence-electron chi connectivity index (χ2n) is 4.96. The van der Waals surface area contributed by atoms with Crippen LogP contribution in [-0.4, -0.2) is 36.1 Å². The minimum Gasteiger partial charge on any atom is -0.462 e. The molecular weight excluding hydrogens is 190 g/mol. The first kappa shape index (κ1) is 14.4. The van der Waals surface area contributed by atoms with Gasteiger partial charge >= 0.3 is 5.97 Å². The summed E-state index contributed by atoms with van der Waals surface area (Å²) in [5, 5.41) is 0. The van der Waals surface area contributed by atoms with Gasteiger partial charge in [-0.2, -0.15) is 0 Å². The van der Waals surface area contributed by atoms with Crippen LogP contribution in [0.2, 0.25) is 0 Å². The molecule has 0 N–H and O–H groups in total. The van der Waals surface area contributed by atoms with Crippen LogP contribution in [0, 0.1) is 5.92 Å². The Bertz CT molecular complexity index is 188. The van der Waals surface area contributed by atoms with E-state index in [1.165, 1.54) is 0 Å². The van der Waals surface area contributed by atoms with Gasteiger partial charge in [0.2, 0.25) is 0 Å². The number of ether oxygens (including phenoxy) is 1. The van der Waals surface area contributed by atoms with Gasteiger partial charge in [0.25, 0.3) is 0 Å². The summed E-state index contributed by atoms with van der Waals surface area (Å²) in [5.74, 6) is 0.443. The summed E-state index contributed by atoms with van der Waals surface area (Å²) in [6.45, 7) is 13.6. The van der Waals surface area contributed by atoms with Crippen LogP contribution in [0.5, 0.6) is 0 Å². The first-order chi connectivity index (χ1) is 6.82. The third kappa shape index (κ3) is 7.37. The zero-order valence-corrected chi connectivity index (χ0v) is 10.9. The van der Waals surface area contributed by atoms with Crippen LogP contribution < -0.4 is 0 Å². The maximum absolute atomic E-state index is 11.5. The van der Waals surface area contributed by atoms with Crippen molar-refractivity contribution in [1.29, 1.82) is 0 Å². The Kier molecular flexibility index (Phi) is 6.57. The molecule has 0 heterocycles. The van der Waals surface area contributed by atoms with Gasteiger partial charge in [0.05, 0.1) is 12.6 Å². The SMILES string of the molecule is CC(C)CN(CC(=O)OC(C)C)C(C)C. The van der Waals surface area contributed by atoms with E-state index in [1.807, 2.05) is 13.8 Å². The van der Waals surface area contributed by atoms with E-state index in [1.54, 1.807) is 0 Å². The van der Waals surface area contributed by atoms with E-state index in [0.29, 0.717) is 18.5 Å². The van der Waals surface area contributed by atoms with Crippen molar-refractivity contribution < 1.29 is 9.53 Å². The Balaban J connectivity index is 4.10. The first-order valence-corrected chi connectivity index (χ1v) is 5.76. The molecule has 0 aromatic carbocycles. The predicted octanol–water partition coefficient (Wildman–Crippen LogP) is 2.30. The van der Waals surface area contributed by atoms with Crippen LogP contribution in [0.25, 0.3) is 0 Å². The monoisotopic (exact) mass is 215 g/mol. The maximum Gasteiger partial charge on any atom is 0.320 e. The fraction of sp³-hybridized carbons (Fsp3) is 0.917. The van der Waals surface area contributed by atoms with Crippen molar-refractivity contribution in [2.75, 3.05) is 13.1 Å². The van der Waals surface area contributed by atoms with Crippen molar-refractivity contribution in [3.05, 3.63) is 0 Å². The highest BCUT2D eigenvalue weighted by Gasteiger charge is 2.16. The zero-order chi connectivity index (χ0) is 12.0. The fourth-order valence-electron chi connectivity index (χ4n) is 1.39. The summed E-state index contributed by atoms with van der Waals surface area (Å²) in [6, 6.07) is 0.382. The van der Waals surface area contributed by atoms with Crippen molar-refractivity contribution in [3.63, 3.8) is 0 Å². The van der Waals surface area contributed by atoms with E-state index in [2.05, 4.69) is 32.6 Å². The highest BCUT2D eigenvalue weighted by molar-refractivity contribution is 5.71. The molecule has 3 nitrogen and oxygen atoms in total. The maximum atomic E-state index is 11.5. The highest BCUT2D eigenvalue weighted by Crippen LogP contribution is 2.04. The van der Waals surface area contributed by atoms with Crippen LogP contribution in [-0.2, 0) is 9.53 Å². The van der Waals surface area contributed by atoms with Crippen LogP contribution in [0.3, 0.4) is 0 Å². The van der Waals surface area contributed by atoms with E-state index in [-0.39, 0.29) is 12.1 Å². The molecule has 0 aromatic heterocycles. The molecule has 0 aliphatic rings. The lowest BCUT2D eigenvalue weighted by atomic mass is 10.2. The Morgan fingerprint density at radius 2 is 1.67 bits per heavy atom. The van der Waals surface area contributed by atoms with Crippen molar-refractivity contribution in [3.8, 4) is 0 Å². The number of nitrogens with zero attached hydrogens (tertiary/aromatic N) is 1. The molecule has 0 spiro atoms. The summed E-state index contributed by atoms with van der Waals surface area (Å²) in [5.41, 5.74) is 0. The molecule has 0 aliphatic carbocycles. The van der Waals surface area contributed by atoms with Gasteiger partial charge < -0.3 is 4.74 Å². The molecule has 15 heavy (non-hydrogen) atoms. The van der Waals surface area contributed by atoms with Gasteiger partial charge in [-0.05, 0) is 33.6 Å². The fourth-order valence-corrected chi connectivity index (χ4v) is 1.39. The number of carbonyl (C=O) groups excluding carboxylic acids is 1. The van der Waals surface area contributed by atoms with Crippen molar-refractivity contribution >= 4 is 5.97 Å². The van der Waals surface area contributed by atoms with Gasteiger partial charge in [-0.3, -0.25) is 9.69 Å². The second-order valence-corrected chi connectivity index (χ2v) is 4.96. The lowest BCUT2D eigenvalue weighted by Gasteiger charge is -2.27. The summed E-state index contributed by atoms with van der Waals surface area (Å²) >= 11 is 0. The van der Waals surface area contributed by atoms with E-state index >= 15 is 0 Å². The van der Waals surface area contributed by atoms with Crippen LogP contribution in [0.4, 0.5) is 0 Å². The predicted molar refractivity (Wildman–Crippen MR) is 62.8 cm³/mol. The first-order valence-electron chi connectivity index (χ1n) is 5.76. The Morgan fingerprint density at radius 3 is 2.00 bits per heavy atom. The van der Waals surface area contributed by atoms with Gasteiger partial charge in [-0.1, -0.05) is 13.8 Å². The van der Waals surface area contributed by atoms with Crippen LogP contribution in [0.1, 0.15) is 41.5 Å². The molecule has 0 unspecified atom stereocenters. The van der Waals surface area contributed by atoms with Gasteiger partial charge in [-0.15, -0.1) is 0 Å². The summed E-state index contributed by atoms with van der Waals surface area (Å²) in [4.78, 5) is 13.6. The molecule has 90 valence electrons. The summed E-state index contributed by atoms with van der Waals surface area (Å²) in [7, 11) is 0. The number of hydrogen-bond acceptors (Lipinski definition) is 3. The largest absolute Gasteiger partial charge is 0.462 e. The Morgan fingerprint density at radius 1 is 1.13 bits per heavy atom. The molecule has 0 aliphatic heterocycles. The number of hydrogen-bond donors (Lipinski definition) is 0. The van der Waals surface area contributed by atoms with Crippen molar-refractivity contribution in [2.24, 2.45) is 5.92 Å². The van der Waals surface area contributed by atoms with Crippen LogP contribution >= 0.6 is 0 Å². The quantitative estimate of drug-likeness (QED) is 0.637. The smallest absolute Gasteiger partial charge is 0.320 e. The van der Waals surface area contributed by atoms with Gasteiger partial charge in [0.15, 0.2) is 0 Å². The minimum absolute atomic E-state index is 0.0226. The highest BCUT2D eigenvalue weighted by atomic mass is 16.5. The molecule has 0 saturated carbocycles. The number of rotatable bonds is 6. The number of esters is 1. The van der Waals surface area contributed by atoms with Crippen LogP contribution in [0.15, 0.2) is 0 Å². The zero-order valence-electron chi connectivity index (χ0n) is 10.9. The molecule has 0 atom stereocenters. The summed E-state index contributed by atoms with van der Waals surface area (Å²) in [6.07, 6.45) is -0.0226. The minimum atomic E-state index is -0.126. The molecule has 0 amide bonds. The number of carbonyl (C=O) groups is 1. The van der Waals surface area contributed by atoms with Crippen molar-refractivity contribution in [2.45, 2.75) is 53.7 Å². The topological polar surface area (TPSA) is 29.5 Å². The average molecular weight is 215 g/mol. The average Bonchev–Trinajstić information content (AvgIpc) is 1.99. The normalized spacial score (nSPS) is 11.9. The lowest BCUT2D eigenvalue weighted by molar-refractivity contribution is -0.149. The van der Waals surface area contributed by atoms with Gasteiger partial charge in [0, 0.05) is 12.6 Å². The third-order valence-electron chi connectivity index (χ3n) is 2.03.